The van der Waals surface area contributed by atoms with Crippen molar-refractivity contribution in [1.29, 1.82) is 0 Å². The van der Waals surface area contributed by atoms with Gasteiger partial charge in [0.1, 0.15) is 0 Å². The van der Waals surface area contributed by atoms with E-state index in [1.807, 2.05) is 0 Å². The van der Waals surface area contributed by atoms with Gasteiger partial charge in [-0.25, -0.2) is 0 Å². The van der Waals surface area contributed by atoms with E-state index in [4.69, 9.17) is 0 Å². The molecular weight excluding hydrogens is 244 g/mol. The summed E-state index contributed by atoms with van der Waals surface area (Å²) in [5.74, 6) is 0.281. The van der Waals surface area contributed by atoms with E-state index in [2.05, 4.69) is 49.4 Å². The van der Waals surface area contributed by atoms with Crippen LogP contribution in [0, 0.1) is 6.92 Å². The van der Waals surface area contributed by atoms with Crippen LogP contribution >= 0.6 is 0 Å². The van der Waals surface area contributed by atoms with E-state index < -0.39 is 0 Å². The number of carbonyl (C=O) groups excluding carboxylic acids is 1. The van der Waals surface area contributed by atoms with Crippen molar-refractivity contribution in [2.24, 2.45) is 0 Å². The molecule has 4 rings (SSSR count). The number of hydrogen-bond donors (Lipinski definition) is 0. The Morgan fingerprint density at radius 1 is 1.10 bits per heavy atom. The third kappa shape index (κ3) is 1.59. The quantitative estimate of drug-likeness (QED) is 0.662. The number of aryl methyl sites for hydroxylation is 1. The molecule has 0 heterocycles. The lowest BCUT2D eigenvalue weighted by molar-refractivity contribution is 0.0992. The molecule has 0 bridgehead atoms. The molecule has 0 aliphatic heterocycles. The van der Waals surface area contributed by atoms with Crippen LogP contribution in [0.2, 0.25) is 0 Å². The lowest BCUT2D eigenvalue weighted by atomic mass is 9.79. The van der Waals surface area contributed by atoms with Crippen molar-refractivity contribution >= 4 is 22.1 Å². The zero-order valence-electron chi connectivity index (χ0n) is 11.6. The van der Waals surface area contributed by atoms with Crippen LogP contribution in [0.1, 0.15) is 40.7 Å². The van der Waals surface area contributed by atoms with Crippen LogP contribution in [-0.4, -0.2) is 5.78 Å². The van der Waals surface area contributed by atoms with Crippen molar-refractivity contribution in [2.45, 2.75) is 26.2 Å². The molecular formula is C19H16O. The number of rotatable bonds is 0. The predicted octanol–water partition coefficient (Wildman–Crippen LogP) is 4.84. The second kappa shape index (κ2) is 4.17. The van der Waals surface area contributed by atoms with E-state index in [9.17, 15) is 4.79 Å². The summed E-state index contributed by atoms with van der Waals surface area (Å²) >= 11 is 0. The Hall–Kier alpha value is -2.15. The first-order valence-electron chi connectivity index (χ1n) is 7.19. The van der Waals surface area contributed by atoms with Gasteiger partial charge in [-0.05, 0) is 41.7 Å². The fourth-order valence-corrected chi connectivity index (χ4v) is 3.43. The second-order valence-electron chi connectivity index (χ2n) is 5.77. The SMILES string of the molecule is Cc1ccc2c3c(ccc2c1)C1=C(CCC=C1)CC3=O. The smallest absolute Gasteiger partial charge is 0.168 e. The highest BCUT2D eigenvalue weighted by Crippen LogP contribution is 2.39. The minimum atomic E-state index is 0.281. The van der Waals surface area contributed by atoms with Crippen LogP contribution < -0.4 is 0 Å². The average Bonchev–Trinajstić information content (AvgIpc) is 2.46. The summed E-state index contributed by atoms with van der Waals surface area (Å²) in [5, 5.41) is 2.27. The Morgan fingerprint density at radius 3 is 2.90 bits per heavy atom. The minimum absolute atomic E-state index is 0.281. The topological polar surface area (TPSA) is 17.1 Å². The van der Waals surface area contributed by atoms with Crippen molar-refractivity contribution in [3.8, 4) is 0 Å². The molecule has 1 heteroatoms. The summed E-state index contributed by atoms with van der Waals surface area (Å²) in [4.78, 5) is 12.6. The Morgan fingerprint density at radius 2 is 2.00 bits per heavy atom. The normalized spacial score (nSPS) is 17.4. The minimum Gasteiger partial charge on any atom is -0.294 e. The van der Waals surface area contributed by atoms with E-state index in [0.29, 0.717) is 6.42 Å². The Bertz CT molecular complexity index is 806. The van der Waals surface area contributed by atoms with Crippen molar-refractivity contribution < 1.29 is 4.79 Å². The Kier molecular flexibility index (Phi) is 2.43. The molecule has 2 aliphatic carbocycles. The molecule has 20 heavy (non-hydrogen) atoms. The summed E-state index contributed by atoms with van der Waals surface area (Å²) in [6, 6.07) is 10.6. The molecule has 0 N–H and O–H groups in total. The van der Waals surface area contributed by atoms with Crippen LogP contribution in [0.4, 0.5) is 0 Å². The lowest BCUT2D eigenvalue weighted by Crippen LogP contribution is -2.13. The first kappa shape index (κ1) is 11.7. The molecule has 0 amide bonds. The second-order valence-corrected chi connectivity index (χ2v) is 5.77. The summed E-state index contributed by atoms with van der Waals surface area (Å²) in [6.45, 7) is 2.09. The Balaban J connectivity index is 2.07. The molecule has 1 nitrogen and oxygen atoms in total. The Labute approximate surface area is 118 Å². The molecule has 0 radical (unpaired) electrons. The van der Waals surface area contributed by atoms with Gasteiger partial charge in [0.2, 0.25) is 0 Å². The molecule has 0 aromatic heterocycles. The summed E-state index contributed by atoms with van der Waals surface area (Å²) < 4.78 is 0. The maximum Gasteiger partial charge on any atom is 0.168 e. The number of ketones is 1. The number of carbonyl (C=O) groups is 1. The van der Waals surface area contributed by atoms with Gasteiger partial charge in [0.05, 0.1) is 0 Å². The lowest BCUT2D eigenvalue weighted by Gasteiger charge is -2.24. The standard InChI is InChI=1S/C19H16O/c1-12-6-8-16-14(10-12)7-9-17-15-5-3-2-4-13(15)11-18(20)19(16)17/h3,5-10H,2,4,11H2,1H3. The molecule has 0 atom stereocenters. The molecule has 0 fully saturated rings. The van der Waals surface area contributed by atoms with E-state index in [0.717, 1.165) is 29.4 Å². The van der Waals surface area contributed by atoms with Gasteiger partial charge in [-0.3, -0.25) is 4.79 Å². The number of fused-ring (bicyclic) bond motifs is 4. The molecule has 2 aliphatic rings. The molecule has 0 unspecified atom stereocenters. The summed E-state index contributed by atoms with van der Waals surface area (Å²) in [7, 11) is 0. The molecule has 2 aromatic carbocycles. The molecule has 2 aromatic rings. The molecule has 0 saturated heterocycles. The van der Waals surface area contributed by atoms with Gasteiger partial charge in [-0.2, -0.15) is 0 Å². The average molecular weight is 260 g/mol. The maximum atomic E-state index is 12.6. The zero-order chi connectivity index (χ0) is 13.7. The number of benzene rings is 2. The number of Topliss-reactive ketones (excluding diaryl/α,β-unsaturated/α-hetero) is 1. The first-order valence-corrected chi connectivity index (χ1v) is 7.19. The largest absolute Gasteiger partial charge is 0.294 e. The van der Waals surface area contributed by atoms with Gasteiger partial charge >= 0.3 is 0 Å². The number of allylic oxidation sites excluding steroid dienone is 4. The van der Waals surface area contributed by atoms with E-state index in [-0.39, 0.29) is 5.78 Å². The third-order valence-electron chi connectivity index (χ3n) is 4.40. The predicted molar refractivity (Wildman–Crippen MR) is 82.9 cm³/mol. The van der Waals surface area contributed by atoms with Gasteiger partial charge in [0.15, 0.2) is 5.78 Å². The van der Waals surface area contributed by atoms with Crippen molar-refractivity contribution in [3.05, 3.63) is 64.7 Å². The maximum absolute atomic E-state index is 12.6. The highest BCUT2D eigenvalue weighted by molar-refractivity contribution is 6.16. The van der Waals surface area contributed by atoms with Crippen molar-refractivity contribution in [1.82, 2.24) is 0 Å². The van der Waals surface area contributed by atoms with Crippen molar-refractivity contribution in [2.75, 3.05) is 0 Å². The summed E-state index contributed by atoms with van der Waals surface area (Å²) in [5.41, 5.74) is 5.89. The van der Waals surface area contributed by atoms with Crippen LogP contribution in [-0.2, 0) is 0 Å². The van der Waals surface area contributed by atoms with E-state index in [1.54, 1.807) is 0 Å². The molecule has 98 valence electrons. The fraction of sp³-hybridized carbons (Fsp3) is 0.211. The first-order chi connectivity index (χ1) is 9.74. The van der Waals surface area contributed by atoms with Crippen LogP contribution in [0.25, 0.3) is 16.3 Å². The van der Waals surface area contributed by atoms with Crippen molar-refractivity contribution in [3.63, 3.8) is 0 Å². The van der Waals surface area contributed by atoms with Crippen LogP contribution in [0.5, 0.6) is 0 Å². The number of hydrogen-bond acceptors (Lipinski definition) is 1. The van der Waals surface area contributed by atoms with E-state index >= 15 is 0 Å². The monoisotopic (exact) mass is 260 g/mol. The van der Waals surface area contributed by atoms with Gasteiger partial charge in [0.25, 0.3) is 0 Å². The van der Waals surface area contributed by atoms with Crippen LogP contribution in [0.15, 0.2) is 48.1 Å². The van der Waals surface area contributed by atoms with E-state index in [1.165, 1.54) is 22.1 Å². The fourth-order valence-electron chi connectivity index (χ4n) is 3.43. The van der Waals surface area contributed by atoms with Crippen LogP contribution in [0.3, 0.4) is 0 Å². The molecule has 0 spiro atoms. The van der Waals surface area contributed by atoms with Gasteiger partial charge in [-0.15, -0.1) is 0 Å². The van der Waals surface area contributed by atoms with Gasteiger partial charge in [0, 0.05) is 12.0 Å². The highest BCUT2D eigenvalue weighted by Gasteiger charge is 2.26. The summed E-state index contributed by atoms with van der Waals surface area (Å²) in [6.07, 6.45) is 7.11. The van der Waals surface area contributed by atoms with Gasteiger partial charge in [-0.1, -0.05) is 53.6 Å². The van der Waals surface area contributed by atoms with Gasteiger partial charge < -0.3 is 0 Å². The highest BCUT2D eigenvalue weighted by atomic mass is 16.1. The third-order valence-corrected chi connectivity index (χ3v) is 4.40. The zero-order valence-corrected chi connectivity index (χ0v) is 11.6. The molecule has 0 saturated carbocycles.